The van der Waals surface area contributed by atoms with E-state index in [2.05, 4.69) is 5.32 Å². The van der Waals surface area contributed by atoms with Crippen LogP contribution in [-0.4, -0.2) is 31.9 Å². The SMILES string of the molecule is Cl.NCC(NC(=O)CCS(=O)(=O)C1CCCC1)c1ccc2ccccc2c1. The standard InChI is InChI=1S/C20H26N2O3S.ClH/c21-14-19(17-10-9-15-5-1-2-6-16(15)13-17)22-20(23)11-12-26(24,25)18-7-3-4-8-18;/h1-2,5-6,9-10,13,18-19H,3-4,7-8,11-12,14,21H2,(H,22,23);1H. The van der Waals surface area contributed by atoms with E-state index in [4.69, 9.17) is 5.73 Å². The highest BCUT2D eigenvalue weighted by Gasteiger charge is 2.29. The summed E-state index contributed by atoms with van der Waals surface area (Å²) < 4.78 is 24.6. The maximum atomic E-state index is 12.3. The first-order valence-corrected chi connectivity index (χ1v) is 10.9. The van der Waals surface area contributed by atoms with Gasteiger partial charge in [0.05, 0.1) is 17.0 Å². The van der Waals surface area contributed by atoms with Gasteiger partial charge in [0.25, 0.3) is 0 Å². The minimum Gasteiger partial charge on any atom is -0.348 e. The zero-order chi connectivity index (χ0) is 18.6. The second-order valence-corrected chi connectivity index (χ2v) is 9.39. The Bertz CT molecular complexity index is 880. The number of fused-ring (bicyclic) bond motifs is 1. The van der Waals surface area contributed by atoms with Crippen LogP contribution in [0.2, 0.25) is 0 Å². The van der Waals surface area contributed by atoms with E-state index in [1.165, 1.54) is 0 Å². The predicted molar refractivity (Wildman–Crippen MR) is 112 cm³/mol. The maximum absolute atomic E-state index is 12.3. The Hall–Kier alpha value is -1.63. The lowest BCUT2D eigenvalue weighted by Gasteiger charge is -2.18. The van der Waals surface area contributed by atoms with Crippen molar-refractivity contribution in [1.82, 2.24) is 5.32 Å². The van der Waals surface area contributed by atoms with Gasteiger partial charge >= 0.3 is 0 Å². The summed E-state index contributed by atoms with van der Waals surface area (Å²) in [5.41, 5.74) is 6.77. The van der Waals surface area contributed by atoms with Crippen LogP contribution in [0.4, 0.5) is 0 Å². The minimum atomic E-state index is -3.18. The molecule has 1 saturated carbocycles. The summed E-state index contributed by atoms with van der Waals surface area (Å²) in [6, 6.07) is 13.7. The molecule has 0 aliphatic heterocycles. The third-order valence-corrected chi connectivity index (χ3v) is 7.43. The average molecular weight is 411 g/mol. The van der Waals surface area contributed by atoms with Crippen LogP contribution in [-0.2, 0) is 14.6 Å². The fourth-order valence-corrected chi connectivity index (χ4v) is 5.47. The molecule has 27 heavy (non-hydrogen) atoms. The molecule has 0 heterocycles. The molecule has 0 spiro atoms. The molecule has 2 aromatic carbocycles. The van der Waals surface area contributed by atoms with Gasteiger partial charge in [-0.2, -0.15) is 0 Å². The second-order valence-electron chi connectivity index (χ2n) is 6.99. The first kappa shape index (κ1) is 21.7. The lowest BCUT2D eigenvalue weighted by Crippen LogP contribution is -2.35. The van der Waals surface area contributed by atoms with Gasteiger partial charge in [0.1, 0.15) is 0 Å². The molecular weight excluding hydrogens is 384 g/mol. The second kappa shape index (κ2) is 9.53. The zero-order valence-corrected chi connectivity index (χ0v) is 16.9. The van der Waals surface area contributed by atoms with Gasteiger partial charge in [-0.3, -0.25) is 4.79 Å². The van der Waals surface area contributed by atoms with Crippen molar-refractivity contribution in [3.05, 3.63) is 48.0 Å². The van der Waals surface area contributed by atoms with Crippen LogP contribution in [0.1, 0.15) is 43.7 Å². The largest absolute Gasteiger partial charge is 0.348 e. The maximum Gasteiger partial charge on any atom is 0.221 e. The first-order chi connectivity index (χ1) is 12.5. The molecule has 0 aromatic heterocycles. The number of hydrogen-bond donors (Lipinski definition) is 2. The van der Waals surface area contributed by atoms with Crippen molar-refractivity contribution >= 4 is 38.9 Å². The molecular formula is C20H27ClN2O3S. The third-order valence-electron chi connectivity index (χ3n) is 5.17. The van der Waals surface area contributed by atoms with Gasteiger partial charge in [-0.1, -0.05) is 49.2 Å². The van der Waals surface area contributed by atoms with Crippen LogP contribution in [0.3, 0.4) is 0 Å². The van der Waals surface area contributed by atoms with Gasteiger partial charge in [0.2, 0.25) is 5.91 Å². The van der Waals surface area contributed by atoms with E-state index < -0.39 is 9.84 Å². The molecule has 1 fully saturated rings. The van der Waals surface area contributed by atoms with Crippen LogP contribution in [0.15, 0.2) is 42.5 Å². The molecule has 7 heteroatoms. The number of benzene rings is 2. The van der Waals surface area contributed by atoms with Crippen molar-refractivity contribution in [2.75, 3.05) is 12.3 Å². The first-order valence-electron chi connectivity index (χ1n) is 9.19. The van der Waals surface area contributed by atoms with E-state index in [9.17, 15) is 13.2 Å². The molecule has 1 aliphatic rings. The molecule has 1 unspecified atom stereocenters. The molecule has 0 bridgehead atoms. The minimum absolute atomic E-state index is 0. The van der Waals surface area contributed by atoms with E-state index in [0.29, 0.717) is 0 Å². The van der Waals surface area contributed by atoms with Crippen LogP contribution < -0.4 is 11.1 Å². The van der Waals surface area contributed by atoms with E-state index in [1.54, 1.807) is 0 Å². The number of halogens is 1. The van der Waals surface area contributed by atoms with E-state index in [0.717, 1.165) is 42.0 Å². The molecule has 5 nitrogen and oxygen atoms in total. The fraction of sp³-hybridized carbons (Fsp3) is 0.450. The molecule has 2 aromatic rings. The Morgan fingerprint density at radius 1 is 1.11 bits per heavy atom. The van der Waals surface area contributed by atoms with Crippen molar-refractivity contribution in [3.63, 3.8) is 0 Å². The highest BCUT2D eigenvalue weighted by molar-refractivity contribution is 7.92. The summed E-state index contributed by atoms with van der Waals surface area (Å²) in [7, 11) is -3.18. The van der Waals surface area contributed by atoms with Crippen molar-refractivity contribution < 1.29 is 13.2 Å². The van der Waals surface area contributed by atoms with Crippen LogP contribution in [0.25, 0.3) is 10.8 Å². The Labute approximate surface area is 167 Å². The molecule has 1 aliphatic carbocycles. The van der Waals surface area contributed by atoms with Gasteiger partial charge in [0.15, 0.2) is 9.84 Å². The number of carbonyl (C=O) groups excluding carboxylic acids is 1. The number of rotatable bonds is 7. The molecule has 148 valence electrons. The lowest BCUT2D eigenvalue weighted by atomic mass is 10.0. The zero-order valence-electron chi connectivity index (χ0n) is 15.3. The number of nitrogens with two attached hydrogens (primary N) is 1. The molecule has 3 N–H and O–H groups in total. The summed E-state index contributed by atoms with van der Waals surface area (Å²) in [5, 5.41) is 4.83. The van der Waals surface area contributed by atoms with Crippen LogP contribution in [0.5, 0.6) is 0 Å². The molecule has 1 atom stereocenters. The molecule has 0 radical (unpaired) electrons. The van der Waals surface area contributed by atoms with Crippen molar-refractivity contribution in [2.24, 2.45) is 5.73 Å². The number of carbonyl (C=O) groups is 1. The summed E-state index contributed by atoms with van der Waals surface area (Å²) in [4.78, 5) is 12.3. The number of amides is 1. The van der Waals surface area contributed by atoms with Crippen molar-refractivity contribution in [2.45, 2.75) is 43.4 Å². The van der Waals surface area contributed by atoms with Gasteiger partial charge in [-0.15, -0.1) is 12.4 Å². The molecule has 3 rings (SSSR count). The predicted octanol–water partition coefficient (Wildman–Crippen LogP) is 3.13. The fourth-order valence-electron chi connectivity index (χ4n) is 3.62. The highest BCUT2D eigenvalue weighted by atomic mass is 35.5. The normalized spacial score (nSPS) is 16.0. The summed E-state index contributed by atoms with van der Waals surface area (Å²) in [6.07, 6.45) is 3.38. The highest BCUT2D eigenvalue weighted by Crippen LogP contribution is 2.25. The van der Waals surface area contributed by atoms with Crippen LogP contribution >= 0.6 is 12.4 Å². The van der Waals surface area contributed by atoms with Gasteiger partial charge in [-0.05, 0) is 35.2 Å². The third kappa shape index (κ3) is 5.43. The average Bonchev–Trinajstić information content (AvgIpc) is 3.20. The number of hydrogen-bond acceptors (Lipinski definition) is 4. The van der Waals surface area contributed by atoms with Gasteiger partial charge < -0.3 is 11.1 Å². The Kier molecular flexibility index (Phi) is 7.65. The Morgan fingerprint density at radius 3 is 2.44 bits per heavy atom. The Balaban J connectivity index is 0.00000261. The van der Waals surface area contributed by atoms with Gasteiger partial charge in [-0.25, -0.2) is 8.42 Å². The van der Waals surface area contributed by atoms with E-state index in [1.807, 2.05) is 42.5 Å². The summed E-state index contributed by atoms with van der Waals surface area (Å²) >= 11 is 0. The van der Waals surface area contributed by atoms with E-state index >= 15 is 0 Å². The number of sulfone groups is 1. The summed E-state index contributed by atoms with van der Waals surface area (Å²) in [5.74, 6) is -0.353. The topological polar surface area (TPSA) is 89.3 Å². The Morgan fingerprint density at radius 2 is 1.78 bits per heavy atom. The van der Waals surface area contributed by atoms with Crippen molar-refractivity contribution in [1.29, 1.82) is 0 Å². The lowest BCUT2D eigenvalue weighted by molar-refractivity contribution is -0.121. The monoisotopic (exact) mass is 410 g/mol. The van der Waals surface area contributed by atoms with Crippen molar-refractivity contribution in [3.8, 4) is 0 Å². The summed E-state index contributed by atoms with van der Waals surface area (Å²) in [6.45, 7) is 0.263. The quantitative estimate of drug-likeness (QED) is 0.733. The van der Waals surface area contributed by atoms with E-state index in [-0.39, 0.29) is 48.3 Å². The molecule has 1 amide bonds. The van der Waals surface area contributed by atoms with Gasteiger partial charge in [0, 0.05) is 13.0 Å². The number of nitrogens with one attached hydrogen (secondary N) is 1. The molecule has 0 saturated heterocycles. The smallest absolute Gasteiger partial charge is 0.221 e. The van der Waals surface area contributed by atoms with Crippen LogP contribution in [0, 0.1) is 0 Å².